The SMILES string of the molecule is CC1(C)c2ccccc2-c2ccc3c(c21)c1ccccc1n3-c1nc(-c2ccccc2)c2c(n1)-c1ccccc1[Si]2(C)C. The molecule has 4 heteroatoms. The first-order chi connectivity index (χ1) is 20.9. The van der Waals surface area contributed by atoms with Crippen molar-refractivity contribution in [1.82, 2.24) is 14.5 Å². The molecule has 1 aliphatic heterocycles. The molecule has 206 valence electrons. The third-order valence-electron chi connectivity index (χ3n) is 9.98. The predicted molar refractivity (Wildman–Crippen MR) is 182 cm³/mol. The van der Waals surface area contributed by atoms with E-state index in [1.807, 2.05) is 0 Å². The van der Waals surface area contributed by atoms with Crippen molar-refractivity contribution in [1.29, 1.82) is 0 Å². The van der Waals surface area contributed by atoms with Gasteiger partial charge in [0.15, 0.2) is 0 Å². The van der Waals surface area contributed by atoms with Crippen molar-refractivity contribution in [3.63, 3.8) is 0 Å². The number of aromatic nitrogens is 3. The van der Waals surface area contributed by atoms with E-state index in [9.17, 15) is 0 Å². The lowest BCUT2D eigenvalue weighted by molar-refractivity contribution is 0.666. The van der Waals surface area contributed by atoms with Crippen LogP contribution >= 0.6 is 0 Å². The van der Waals surface area contributed by atoms with Crippen molar-refractivity contribution in [2.75, 3.05) is 0 Å². The Hall–Kier alpha value is -4.80. The fraction of sp³-hybridized carbons (Fsp3) is 0.128. The number of fused-ring (bicyclic) bond motifs is 10. The zero-order valence-corrected chi connectivity index (χ0v) is 25.8. The average molecular weight is 570 g/mol. The molecule has 0 saturated heterocycles. The van der Waals surface area contributed by atoms with Crippen molar-refractivity contribution in [3.8, 4) is 39.6 Å². The molecule has 0 atom stereocenters. The zero-order chi connectivity index (χ0) is 29.1. The molecule has 0 bridgehead atoms. The van der Waals surface area contributed by atoms with Gasteiger partial charge in [-0.15, -0.1) is 0 Å². The van der Waals surface area contributed by atoms with Crippen molar-refractivity contribution in [2.45, 2.75) is 32.4 Å². The summed E-state index contributed by atoms with van der Waals surface area (Å²) in [6, 6.07) is 41.8. The number of hydrogen-bond donors (Lipinski definition) is 0. The Morgan fingerprint density at radius 2 is 1.28 bits per heavy atom. The van der Waals surface area contributed by atoms with E-state index in [0.29, 0.717) is 0 Å². The molecule has 0 radical (unpaired) electrons. The fourth-order valence-electron chi connectivity index (χ4n) is 8.06. The Kier molecular flexibility index (Phi) is 4.83. The molecule has 0 unspecified atom stereocenters. The summed E-state index contributed by atoms with van der Waals surface area (Å²) in [6.07, 6.45) is 0. The maximum absolute atomic E-state index is 5.49. The van der Waals surface area contributed by atoms with Gasteiger partial charge in [-0.1, -0.05) is 130 Å². The molecule has 0 amide bonds. The normalized spacial score (nSPS) is 15.3. The summed E-state index contributed by atoms with van der Waals surface area (Å²) in [5.41, 5.74) is 12.2. The van der Waals surface area contributed by atoms with Gasteiger partial charge in [0.05, 0.1) is 22.4 Å². The zero-order valence-electron chi connectivity index (χ0n) is 24.8. The van der Waals surface area contributed by atoms with Gasteiger partial charge in [-0.2, -0.15) is 0 Å². The first-order valence-corrected chi connectivity index (χ1v) is 18.1. The van der Waals surface area contributed by atoms with Crippen LogP contribution in [0.5, 0.6) is 0 Å². The van der Waals surface area contributed by atoms with E-state index < -0.39 is 8.07 Å². The Balaban J connectivity index is 1.42. The molecule has 2 aromatic heterocycles. The van der Waals surface area contributed by atoms with Crippen LogP contribution in [0.2, 0.25) is 13.1 Å². The molecule has 0 fully saturated rings. The predicted octanol–water partition coefficient (Wildman–Crippen LogP) is 8.35. The second-order valence-corrected chi connectivity index (χ2v) is 17.3. The van der Waals surface area contributed by atoms with Crippen LogP contribution in [0.1, 0.15) is 25.0 Å². The number of nitrogens with zero attached hydrogens (tertiary/aromatic N) is 3. The molecule has 5 aromatic carbocycles. The second kappa shape index (κ2) is 8.39. The van der Waals surface area contributed by atoms with Gasteiger partial charge in [0.2, 0.25) is 5.95 Å². The van der Waals surface area contributed by atoms with Crippen molar-refractivity contribution in [3.05, 3.63) is 126 Å². The minimum absolute atomic E-state index is 0.122. The second-order valence-electron chi connectivity index (χ2n) is 13.0. The monoisotopic (exact) mass is 569 g/mol. The minimum Gasteiger partial charge on any atom is -0.278 e. The van der Waals surface area contributed by atoms with Crippen molar-refractivity contribution < 1.29 is 0 Å². The van der Waals surface area contributed by atoms with Crippen LogP contribution in [0.3, 0.4) is 0 Å². The van der Waals surface area contributed by atoms with Gasteiger partial charge in [0.1, 0.15) is 8.07 Å². The van der Waals surface area contributed by atoms with E-state index in [2.05, 4.69) is 147 Å². The standard InChI is InChI=1S/C39H31N3Si/c1-39(2)29-19-11-8-16-25(29)26-22-23-31-33(34(26)39)27-17-9-12-20-30(27)42(31)38-40-35(24-14-6-5-7-15-24)37-36(41-38)28-18-10-13-21-32(28)43(37,3)4/h5-23H,1-4H3. The first kappa shape index (κ1) is 24.8. The molecule has 1 aliphatic carbocycles. The highest BCUT2D eigenvalue weighted by atomic mass is 28.3. The van der Waals surface area contributed by atoms with Crippen LogP contribution in [0, 0.1) is 0 Å². The highest BCUT2D eigenvalue weighted by Gasteiger charge is 2.42. The van der Waals surface area contributed by atoms with Crippen LogP contribution in [-0.2, 0) is 5.41 Å². The maximum atomic E-state index is 5.49. The molecule has 7 aromatic rings. The lowest BCUT2D eigenvalue weighted by atomic mass is 9.80. The van der Waals surface area contributed by atoms with Gasteiger partial charge in [-0.3, -0.25) is 4.57 Å². The largest absolute Gasteiger partial charge is 0.278 e. The molecular formula is C39H31N3Si. The molecule has 0 N–H and O–H groups in total. The first-order valence-electron chi connectivity index (χ1n) is 15.1. The summed E-state index contributed by atoms with van der Waals surface area (Å²) < 4.78 is 2.31. The van der Waals surface area contributed by atoms with Crippen LogP contribution < -0.4 is 10.4 Å². The van der Waals surface area contributed by atoms with Crippen LogP contribution in [-0.4, -0.2) is 22.6 Å². The molecule has 3 nitrogen and oxygen atoms in total. The highest BCUT2D eigenvalue weighted by molar-refractivity contribution is 7.04. The Morgan fingerprint density at radius 3 is 2.12 bits per heavy atom. The van der Waals surface area contributed by atoms with Gasteiger partial charge < -0.3 is 0 Å². The Morgan fingerprint density at radius 1 is 0.605 bits per heavy atom. The van der Waals surface area contributed by atoms with E-state index in [1.54, 1.807) is 0 Å². The summed E-state index contributed by atoms with van der Waals surface area (Å²) in [7, 11) is -2.03. The third-order valence-corrected chi connectivity index (χ3v) is 13.5. The van der Waals surface area contributed by atoms with Gasteiger partial charge in [-0.25, -0.2) is 9.97 Å². The number of hydrogen-bond acceptors (Lipinski definition) is 2. The number of para-hydroxylation sites is 1. The van der Waals surface area contributed by atoms with Crippen LogP contribution in [0.4, 0.5) is 0 Å². The summed E-state index contributed by atoms with van der Waals surface area (Å²) in [5, 5.41) is 5.32. The summed E-state index contributed by atoms with van der Waals surface area (Å²) in [5.74, 6) is 0.735. The minimum atomic E-state index is -2.03. The van der Waals surface area contributed by atoms with Crippen molar-refractivity contribution >= 4 is 40.3 Å². The smallest absolute Gasteiger partial charge is 0.235 e. The van der Waals surface area contributed by atoms with E-state index in [4.69, 9.17) is 9.97 Å². The van der Waals surface area contributed by atoms with E-state index in [1.165, 1.54) is 49.0 Å². The Labute approximate surface area is 252 Å². The van der Waals surface area contributed by atoms with Gasteiger partial charge >= 0.3 is 0 Å². The fourth-order valence-corrected chi connectivity index (χ4v) is 11.3. The molecule has 3 heterocycles. The number of benzene rings is 5. The van der Waals surface area contributed by atoms with Gasteiger partial charge in [-0.05, 0) is 50.3 Å². The van der Waals surface area contributed by atoms with Gasteiger partial charge in [0.25, 0.3) is 0 Å². The molecule has 0 spiro atoms. The van der Waals surface area contributed by atoms with Crippen molar-refractivity contribution in [2.24, 2.45) is 0 Å². The topological polar surface area (TPSA) is 30.7 Å². The van der Waals surface area contributed by atoms with E-state index in [-0.39, 0.29) is 5.41 Å². The van der Waals surface area contributed by atoms with Gasteiger partial charge in [0, 0.05) is 21.8 Å². The van der Waals surface area contributed by atoms with E-state index in [0.717, 1.165) is 33.9 Å². The lowest BCUT2D eigenvalue weighted by Gasteiger charge is -2.23. The van der Waals surface area contributed by atoms with Crippen LogP contribution in [0.25, 0.3) is 61.4 Å². The van der Waals surface area contributed by atoms with E-state index >= 15 is 0 Å². The quantitative estimate of drug-likeness (QED) is 0.196. The lowest BCUT2D eigenvalue weighted by Crippen LogP contribution is -2.50. The molecule has 43 heavy (non-hydrogen) atoms. The number of rotatable bonds is 2. The average Bonchev–Trinajstić information content (AvgIpc) is 3.58. The molecule has 0 saturated carbocycles. The highest BCUT2D eigenvalue weighted by Crippen LogP contribution is 2.53. The van der Waals surface area contributed by atoms with Crippen LogP contribution in [0.15, 0.2) is 115 Å². The Bertz CT molecular complexity index is 2290. The third kappa shape index (κ3) is 3.14. The summed E-state index contributed by atoms with van der Waals surface area (Å²) in [4.78, 5) is 11.0. The molecular weight excluding hydrogens is 539 g/mol. The molecule has 9 rings (SSSR count). The molecule has 2 aliphatic rings. The summed E-state index contributed by atoms with van der Waals surface area (Å²) in [6.45, 7) is 9.62. The summed E-state index contributed by atoms with van der Waals surface area (Å²) >= 11 is 0. The maximum Gasteiger partial charge on any atom is 0.235 e.